The number of benzene rings is 1. The Kier molecular flexibility index (Phi) is 5.57. The van der Waals surface area contributed by atoms with Crippen LogP contribution in [-0.2, 0) is 9.59 Å². The van der Waals surface area contributed by atoms with Gasteiger partial charge in [-0.05, 0) is 25.0 Å². The van der Waals surface area contributed by atoms with Crippen LogP contribution in [0.1, 0.15) is 12.8 Å². The number of amides is 2. The van der Waals surface area contributed by atoms with Crippen LogP contribution >= 0.6 is 11.6 Å². The van der Waals surface area contributed by atoms with E-state index in [1.165, 1.54) is 12.1 Å². The third-order valence-electron chi connectivity index (χ3n) is 3.38. The maximum absolute atomic E-state index is 13.2. The third-order valence-corrected chi connectivity index (χ3v) is 3.69. The predicted octanol–water partition coefficient (Wildman–Crippen LogP) is 0.580. The van der Waals surface area contributed by atoms with Crippen LogP contribution in [0.5, 0.6) is 5.75 Å². The first-order chi connectivity index (χ1) is 10.5. The van der Waals surface area contributed by atoms with E-state index in [1.54, 1.807) is 0 Å². The molecule has 1 heterocycles. The van der Waals surface area contributed by atoms with E-state index in [2.05, 4.69) is 10.6 Å². The molecular formula is C14H17ClFN3O3. The number of nitrogens with two attached hydrogens (primary N) is 1. The van der Waals surface area contributed by atoms with Gasteiger partial charge in [-0.2, -0.15) is 0 Å². The maximum atomic E-state index is 13.2. The lowest BCUT2D eigenvalue weighted by atomic mass is 10.0. The first kappa shape index (κ1) is 16.5. The smallest absolute Gasteiger partial charge is 0.258 e. The number of halogens is 2. The molecule has 1 fully saturated rings. The van der Waals surface area contributed by atoms with Crippen molar-refractivity contribution in [3.8, 4) is 5.75 Å². The second-order valence-corrected chi connectivity index (χ2v) is 5.48. The molecule has 0 bridgehead atoms. The van der Waals surface area contributed by atoms with Gasteiger partial charge < -0.3 is 21.1 Å². The van der Waals surface area contributed by atoms with E-state index >= 15 is 0 Å². The van der Waals surface area contributed by atoms with Crippen molar-refractivity contribution in [1.82, 2.24) is 10.6 Å². The summed E-state index contributed by atoms with van der Waals surface area (Å²) in [6, 6.07) is 3.53. The van der Waals surface area contributed by atoms with Crippen molar-refractivity contribution in [3.63, 3.8) is 0 Å². The zero-order valence-electron chi connectivity index (χ0n) is 11.8. The molecule has 1 saturated heterocycles. The number of carbonyl (C=O) groups excluding carboxylic acids is 2. The number of carbonyl (C=O) groups is 2. The van der Waals surface area contributed by atoms with Crippen molar-refractivity contribution in [2.45, 2.75) is 24.9 Å². The van der Waals surface area contributed by atoms with Gasteiger partial charge in [0, 0.05) is 18.7 Å². The monoisotopic (exact) mass is 329 g/mol. The standard InChI is InChI=1S/C14H17ClFN3O3/c15-10-3-2-9(5-11(10)16)22-7-13(20)19-8-1-4-12(14(17)21)18-6-8/h2-3,5,8,12,18H,1,4,6-7H2,(H2,17,21)(H,19,20). The van der Waals surface area contributed by atoms with Gasteiger partial charge in [0.25, 0.3) is 5.91 Å². The Labute approximate surface area is 132 Å². The summed E-state index contributed by atoms with van der Waals surface area (Å²) in [5.41, 5.74) is 5.20. The van der Waals surface area contributed by atoms with Gasteiger partial charge in [0.05, 0.1) is 11.1 Å². The third kappa shape index (κ3) is 4.57. The summed E-state index contributed by atoms with van der Waals surface area (Å²) in [5, 5.41) is 5.74. The molecule has 8 heteroatoms. The highest BCUT2D eigenvalue weighted by Gasteiger charge is 2.24. The van der Waals surface area contributed by atoms with E-state index < -0.39 is 11.7 Å². The number of piperidine rings is 1. The van der Waals surface area contributed by atoms with E-state index in [4.69, 9.17) is 22.1 Å². The minimum absolute atomic E-state index is 0.00548. The van der Waals surface area contributed by atoms with Crippen LogP contribution in [0.15, 0.2) is 18.2 Å². The lowest BCUT2D eigenvalue weighted by Crippen LogP contribution is -2.54. The molecule has 0 aromatic heterocycles. The van der Waals surface area contributed by atoms with E-state index in [0.717, 1.165) is 6.07 Å². The molecule has 6 nitrogen and oxygen atoms in total. The Balaban J connectivity index is 1.74. The number of nitrogens with one attached hydrogen (secondary N) is 2. The zero-order chi connectivity index (χ0) is 16.1. The van der Waals surface area contributed by atoms with E-state index in [-0.39, 0.29) is 35.4 Å². The number of rotatable bonds is 5. The maximum Gasteiger partial charge on any atom is 0.258 e. The molecule has 1 aliphatic heterocycles. The topological polar surface area (TPSA) is 93.5 Å². The molecule has 2 amide bonds. The van der Waals surface area contributed by atoms with Crippen molar-refractivity contribution < 1.29 is 18.7 Å². The SMILES string of the molecule is NC(=O)C1CCC(NC(=O)COc2ccc(Cl)c(F)c2)CN1. The van der Waals surface area contributed by atoms with Gasteiger partial charge in [0.2, 0.25) is 5.91 Å². The van der Waals surface area contributed by atoms with Crippen LogP contribution in [0.3, 0.4) is 0 Å². The van der Waals surface area contributed by atoms with Crippen molar-refractivity contribution in [2.24, 2.45) is 5.73 Å². The minimum Gasteiger partial charge on any atom is -0.484 e. The van der Waals surface area contributed by atoms with Gasteiger partial charge >= 0.3 is 0 Å². The summed E-state index contributed by atoms with van der Waals surface area (Å²) in [6.07, 6.45) is 1.23. The van der Waals surface area contributed by atoms with Crippen LogP contribution in [-0.4, -0.2) is 37.0 Å². The fraction of sp³-hybridized carbons (Fsp3) is 0.429. The van der Waals surface area contributed by atoms with Gasteiger partial charge in [0.1, 0.15) is 11.6 Å². The Morgan fingerprint density at radius 1 is 1.45 bits per heavy atom. The average Bonchev–Trinajstić information content (AvgIpc) is 2.49. The number of primary amides is 1. The largest absolute Gasteiger partial charge is 0.484 e. The molecule has 4 N–H and O–H groups in total. The Hall–Kier alpha value is -1.86. The molecule has 2 rings (SSSR count). The molecule has 2 atom stereocenters. The molecule has 0 spiro atoms. The second kappa shape index (κ2) is 7.42. The molecule has 0 aliphatic carbocycles. The lowest BCUT2D eigenvalue weighted by Gasteiger charge is -2.28. The minimum atomic E-state index is -0.603. The summed E-state index contributed by atoms with van der Waals surface area (Å²) < 4.78 is 18.4. The average molecular weight is 330 g/mol. The van der Waals surface area contributed by atoms with Gasteiger partial charge in [-0.15, -0.1) is 0 Å². The summed E-state index contributed by atoms with van der Waals surface area (Å²) in [6.45, 7) is 0.242. The summed E-state index contributed by atoms with van der Waals surface area (Å²) in [4.78, 5) is 22.8. The molecule has 0 radical (unpaired) electrons. The molecule has 22 heavy (non-hydrogen) atoms. The van der Waals surface area contributed by atoms with E-state index in [0.29, 0.717) is 19.4 Å². The van der Waals surface area contributed by atoms with Gasteiger partial charge in [-0.1, -0.05) is 11.6 Å². The summed E-state index contributed by atoms with van der Waals surface area (Å²) in [5.74, 6) is -1.08. The van der Waals surface area contributed by atoms with E-state index in [1.807, 2.05) is 0 Å². The van der Waals surface area contributed by atoms with Gasteiger partial charge in [-0.3, -0.25) is 9.59 Å². The fourth-order valence-electron chi connectivity index (χ4n) is 2.21. The van der Waals surface area contributed by atoms with Crippen molar-refractivity contribution in [3.05, 3.63) is 29.0 Å². The van der Waals surface area contributed by atoms with Crippen LogP contribution in [0, 0.1) is 5.82 Å². The highest BCUT2D eigenvalue weighted by atomic mass is 35.5. The molecule has 1 aromatic rings. The molecule has 120 valence electrons. The van der Waals surface area contributed by atoms with Crippen LogP contribution < -0.4 is 21.1 Å². The molecule has 1 aliphatic rings. The van der Waals surface area contributed by atoms with Crippen LogP contribution in [0.25, 0.3) is 0 Å². The molecule has 0 saturated carbocycles. The highest BCUT2D eigenvalue weighted by molar-refractivity contribution is 6.30. The molecular weight excluding hydrogens is 313 g/mol. The van der Waals surface area contributed by atoms with E-state index in [9.17, 15) is 14.0 Å². The van der Waals surface area contributed by atoms with Crippen molar-refractivity contribution in [1.29, 1.82) is 0 Å². The summed E-state index contributed by atoms with van der Waals surface area (Å²) in [7, 11) is 0. The van der Waals surface area contributed by atoms with Crippen LogP contribution in [0.2, 0.25) is 5.02 Å². The van der Waals surface area contributed by atoms with Gasteiger partial charge in [0.15, 0.2) is 6.61 Å². The molecule has 1 aromatic carbocycles. The normalized spacial score (nSPS) is 21.2. The Bertz CT molecular complexity index is 562. The predicted molar refractivity (Wildman–Crippen MR) is 79.1 cm³/mol. The lowest BCUT2D eigenvalue weighted by molar-refractivity contribution is -0.124. The fourth-order valence-corrected chi connectivity index (χ4v) is 2.32. The highest BCUT2D eigenvalue weighted by Crippen LogP contribution is 2.20. The Morgan fingerprint density at radius 2 is 2.23 bits per heavy atom. The number of ether oxygens (including phenoxy) is 1. The number of hydrogen-bond donors (Lipinski definition) is 3. The van der Waals surface area contributed by atoms with Gasteiger partial charge in [-0.25, -0.2) is 4.39 Å². The summed E-state index contributed by atoms with van der Waals surface area (Å²) >= 11 is 5.56. The Morgan fingerprint density at radius 3 is 2.82 bits per heavy atom. The van der Waals surface area contributed by atoms with Crippen LogP contribution in [0.4, 0.5) is 4.39 Å². The quantitative estimate of drug-likeness (QED) is 0.736. The second-order valence-electron chi connectivity index (χ2n) is 5.07. The molecule has 2 unspecified atom stereocenters. The first-order valence-electron chi connectivity index (χ1n) is 6.85. The number of hydrogen-bond acceptors (Lipinski definition) is 4. The van der Waals surface area contributed by atoms with Crippen molar-refractivity contribution >= 4 is 23.4 Å². The zero-order valence-corrected chi connectivity index (χ0v) is 12.5. The first-order valence-corrected chi connectivity index (χ1v) is 7.23. The van der Waals surface area contributed by atoms with Crippen molar-refractivity contribution in [2.75, 3.05) is 13.2 Å².